The molecule has 110 valence electrons. The lowest BCUT2D eigenvalue weighted by Gasteiger charge is -2.46. The maximum absolute atomic E-state index is 11.8. The third kappa shape index (κ3) is 3.29. The van der Waals surface area contributed by atoms with E-state index in [9.17, 15) is 4.79 Å². The molecule has 1 rings (SSSR count). The lowest BCUT2D eigenvalue weighted by Crippen LogP contribution is -2.65. The van der Waals surface area contributed by atoms with Gasteiger partial charge in [-0.3, -0.25) is 4.79 Å². The van der Waals surface area contributed by atoms with Crippen molar-refractivity contribution in [2.75, 3.05) is 0 Å². The summed E-state index contributed by atoms with van der Waals surface area (Å²) in [6.45, 7) is 19.0. The second-order valence-corrected chi connectivity index (χ2v) is 12.0. The van der Waals surface area contributed by atoms with Gasteiger partial charge in [0.15, 0.2) is 8.32 Å². The van der Waals surface area contributed by atoms with Gasteiger partial charge in [-0.2, -0.15) is 0 Å². The van der Waals surface area contributed by atoms with Gasteiger partial charge in [-0.25, -0.2) is 0 Å². The molecule has 0 spiro atoms. The highest BCUT2D eigenvalue weighted by atomic mass is 28.4. The average Bonchev–Trinajstić information content (AvgIpc) is 2.22. The van der Waals surface area contributed by atoms with E-state index in [0.717, 1.165) is 0 Å². The molecule has 0 unspecified atom stereocenters. The number of β-lactam (4-membered cyclic amide) rings is 1. The van der Waals surface area contributed by atoms with Crippen molar-refractivity contribution in [1.82, 2.24) is 5.32 Å². The van der Waals surface area contributed by atoms with Crippen LogP contribution in [0.3, 0.4) is 0 Å². The number of carbonyl (C=O) groups excluding carboxylic acids is 1. The molecule has 1 fully saturated rings. The van der Waals surface area contributed by atoms with Crippen molar-refractivity contribution >= 4 is 14.2 Å². The second-order valence-electron chi connectivity index (χ2n) is 7.24. The predicted octanol–water partition coefficient (Wildman–Crippen LogP) is 3.33. The number of nitrogens with one attached hydrogen (secondary N) is 1. The first-order valence-electron chi connectivity index (χ1n) is 7.12. The van der Waals surface area contributed by atoms with Crippen molar-refractivity contribution in [3.8, 4) is 0 Å². The van der Waals surface area contributed by atoms with Gasteiger partial charge in [0.2, 0.25) is 5.91 Å². The molecule has 0 aromatic rings. The van der Waals surface area contributed by atoms with Gasteiger partial charge in [-0.1, -0.05) is 33.8 Å². The van der Waals surface area contributed by atoms with Gasteiger partial charge < -0.3 is 9.74 Å². The third-order valence-electron chi connectivity index (χ3n) is 4.73. The maximum atomic E-state index is 11.8. The van der Waals surface area contributed by atoms with E-state index in [1.54, 1.807) is 0 Å². The van der Waals surface area contributed by atoms with Crippen LogP contribution in [-0.2, 0) is 9.22 Å². The molecule has 1 N–H and O–H groups in total. The SMILES string of the molecule is C=C[C@@H](C)[C@H]1NC(=O)[C@@H]1[C@@H](C)O[Si](C)(C)C(C)(C)C. The summed E-state index contributed by atoms with van der Waals surface area (Å²) in [5, 5.41) is 3.14. The molecule has 1 saturated heterocycles. The number of amides is 1. The van der Waals surface area contributed by atoms with Crippen LogP contribution in [0.5, 0.6) is 0 Å². The minimum atomic E-state index is -1.82. The Balaban J connectivity index is 2.75. The van der Waals surface area contributed by atoms with E-state index in [0.29, 0.717) is 0 Å². The lowest BCUT2D eigenvalue weighted by molar-refractivity contribution is -0.141. The van der Waals surface area contributed by atoms with Crippen molar-refractivity contribution in [3.63, 3.8) is 0 Å². The molecule has 1 amide bonds. The summed E-state index contributed by atoms with van der Waals surface area (Å²) in [6.07, 6.45) is 1.87. The van der Waals surface area contributed by atoms with Gasteiger partial charge in [0.25, 0.3) is 0 Å². The van der Waals surface area contributed by atoms with Crippen molar-refractivity contribution in [2.24, 2.45) is 11.8 Å². The summed E-state index contributed by atoms with van der Waals surface area (Å²) in [4.78, 5) is 11.8. The lowest BCUT2D eigenvalue weighted by atomic mass is 9.79. The van der Waals surface area contributed by atoms with Crippen molar-refractivity contribution in [1.29, 1.82) is 0 Å². The first-order chi connectivity index (χ1) is 8.51. The van der Waals surface area contributed by atoms with Crippen LogP contribution in [-0.4, -0.2) is 26.4 Å². The molecule has 0 aromatic heterocycles. The molecule has 1 aliphatic rings. The van der Waals surface area contributed by atoms with Gasteiger partial charge in [0.05, 0.1) is 12.0 Å². The zero-order valence-corrected chi connectivity index (χ0v) is 14.4. The van der Waals surface area contributed by atoms with Crippen LogP contribution in [0.1, 0.15) is 34.6 Å². The summed E-state index contributed by atoms with van der Waals surface area (Å²) in [6, 6.07) is 0.171. The molecule has 19 heavy (non-hydrogen) atoms. The van der Waals surface area contributed by atoms with Gasteiger partial charge in [0.1, 0.15) is 0 Å². The molecule has 4 atom stereocenters. The Kier molecular flexibility index (Phi) is 4.68. The maximum Gasteiger partial charge on any atom is 0.228 e. The van der Waals surface area contributed by atoms with Crippen LogP contribution in [0.4, 0.5) is 0 Å². The van der Waals surface area contributed by atoms with Gasteiger partial charge >= 0.3 is 0 Å². The fraction of sp³-hybridized carbons (Fsp3) is 0.800. The molecule has 0 radical (unpaired) electrons. The molecular formula is C15H29NO2Si. The van der Waals surface area contributed by atoms with E-state index in [4.69, 9.17) is 4.43 Å². The van der Waals surface area contributed by atoms with Crippen LogP contribution in [0.25, 0.3) is 0 Å². The highest BCUT2D eigenvalue weighted by Gasteiger charge is 2.48. The Labute approximate surface area is 118 Å². The highest BCUT2D eigenvalue weighted by Crippen LogP contribution is 2.39. The van der Waals surface area contributed by atoms with Gasteiger partial charge in [0, 0.05) is 6.04 Å². The van der Waals surface area contributed by atoms with Gasteiger partial charge in [-0.15, -0.1) is 6.58 Å². The van der Waals surface area contributed by atoms with Crippen LogP contribution in [0, 0.1) is 11.8 Å². The Morgan fingerprint density at radius 2 is 1.89 bits per heavy atom. The average molecular weight is 283 g/mol. The fourth-order valence-electron chi connectivity index (χ4n) is 2.24. The topological polar surface area (TPSA) is 38.3 Å². The zero-order valence-electron chi connectivity index (χ0n) is 13.4. The Morgan fingerprint density at radius 3 is 2.26 bits per heavy atom. The minimum absolute atomic E-state index is 0.0259. The zero-order chi connectivity index (χ0) is 15.0. The first-order valence-corrected chi connectivity index (χ1v) is 10.0. The van der Waals surface area contributed by atoms with E-state index < -0.39 is 8.32 Å². The largest absolute Gasteiger partial charge is 0.413 e. The molecular weight excluding hydrogens is 254 g/mol. The number of rotatable bonds is 5. The van der Waals surface area contributed by atoms with Crippen LogP contribution >= 0.6 is 0 Å². The fourth-order valence-corrected chi connectivity index (χ4v) is 3.67. The molecule has 1 heterocycles. The molecule has 0 saturated carbocycles. The molecule has 0 bridgehead atoms. The minimum Gasteiger partial charge on any atom is -0.413 e. The highest BCUT2D eigenvalue weighted by molar-refractivity contribution is 6.74. The van der Waals surface area contributed by atoms with Crippen molar-refractivity contribution in [2.45, 2.75) is 64.9 Å². The Morgan fingerprint density at radius 1 is 1.37 bits per heavy atom. The van der Waals surface area contributed by atoms with Crippen molar-refractivity contribution < 1.29 is 9.22 Å². The first kappa shape index (κ1) is 16.4. The standard InChI is InChI=1S/C15H29NO2Si/c1-9-10(2)13-12(14(17)16-13)11(3)18-19(7,8)15(4,5)6/h9-13H,1H2,2-8H3,(H,16,17)/t10-,11-,12-,13-/m1/s1. The monoisotopic (exact) mass is 283 g/mol. The summed E-state index contributed by atoms with van der Waals surface area (Å²) < 4.78 is 6.35. The smallest absolute Gasteiger partial charge is 0.228 e. The summed E-state index contributed by atoms with van der Waals surface area (Å²) in [7, 11) is -1.82. The Bertz CT molecular complexity index is 360. The molecule has 1 aliphatic heterocycles. The van der Waals surface area contributed by atoms with E-state index >= 15 is 0 Å². The molecule has 0 aliphatic carbocycles. The van der Waals surface area contributed by atoms with Gasteiger partial charge in [-0.05, 0) is 31.0 Å². The molecule has 0 aromatic carbocycles. The van der Waals surface area contributed by atoms with E-state index in [2.05, 4.69) is 52.7 Å². The van der Waals surface area contributed by atoms with E-state index in [1.807, 2.05) is 13.0 Å². The number of hydrogen-bond donors (Lipinski definition) is 1. The van der Waals surface area contributed by atoms with E-state index in [-0.39, 0.29) is 34.9 Å². The van der Waals surface area contributed by atoms with Crippen LogP contribution in [0.15, 0.2) is 12.7 Å². The normalized spacial score (nSPS) is 27.2. The summed E-state index contributed by atoms with van der Waals surface area (Å²) in [5.74, 6) is 0.361. The quantitative estimate of drug-likeness (QED) is 0.477. The third-order valence-corrected chi connectivity index (χ3v) is 9.30. The van der Waals surface area contributed by atoms with Crippen LogP contribution < -0.4 is 5.32 Å². The predicted molar refractivity (Wildman–Crippen MR) is 82.5 cm³/mol. The summed E-state index contributed by atoms with van der Waals surface area (Å²) in [5.41, 5.74) is 0. The Hall–Kier alpha value is -0.613. The number of hydrogen-bond acceptors (Lipinski definition) is 2. The van der Waals surface area contributed by atoms with Crippen LogP contribution in [0.2, 0.25) is 18.1 Å². The second kappa shape index (κ2) is 5.41. The van der Waals surface area contributed by atoms with Crippen molar-refractivity contribution in [3.05, 3.63) is 12.7 Å². The number of carbonyl (C=O) groups is 1. The molecule has 4 heteroatoms. The molecule has 3 nitrogen and oxygen atoms in total. The summed E-state index contributed by atoms with van der Waals surface area (Å²) >= 11 is 0. The van der Waals surface area contributed by atoms with E-state index in [1.165, 1.54) is 0 Å².